The monoisotopic (exact) mass is 866 g/mol. The van der Waals surface area contributed by atoms with Gasteiger partial charge in [-0.25, -0.2) is 0 Å². The lowest BCUT2D eigenvalue weighted by molar-refractivity contribution is -0.870. The van der Waals surface area contributed by atoms with Crippen LogP contribution < -0.4 is 4.89 Å². The molecular formula is C48H84NO10P. The van der Waals surface area contributed by atoms with Crippen LogP contribution in [0.5, 0.6) is 0 Å². The molecule has 0 aromatic carbocycles. The number of aliphatic hydroxyl groups excluding tert-OH is 1. The third-order valence-electron chi connectivity index (χ3n) is 10.4. The van der Waals surface area contributed by atoms with Crippen molar-refractivity contribution >= 4 is 19.8 Å². The molecular weight excluding hydrogens is 781 g/mol. The maximum absolute atomic E-state index is 12.7. The second kappa shape index (κ2) is 34.0. The predicted molar refractivity (Wildman–Crippen MR) is 241 cm³/mol. The second-order valence-electron chi connectivity index (χ2n) is 17.2. The Labute approximate surface area is 364 Å². The number of rotatable bonds is 38. The first-order valence-corrected chi connectivity index (χ1v) is 24.6. The Morgan fingerprint density at radius 3 is 2.02 bits per heavy atom. The third kappa shape index (κ3) is 30.5. The minimum Gasteiger partial charge on any atom is -0.756 e. The van der Waals surface area contributed by atoms with Gasteiger partial charge in [-0.3, -0.25) is 14.2 Å². The Bertz CT molecular complexity index is 1410. The molecule has 0 saturated carbocycles. The second-order valence-corrected chi connectivity index (χ2v) is 18.6. The lowest BCUT2D eigenvalue weighted by Gasteiger charge is -2.28. The van der Waals surface area contributed by atoms with Crippen molar-refractivity contribution in [2.45, 2.75) is 188 Å². The van der Waals surface area contributed by atoms with Gasteiger partial charge in [0.15, 0.2) is 6.10 Å². The van der Waals surface area contributed by atoms with Gasteiger partial charge in [-0.2, -0.15) is 0 Å². The summed E-state index contributed by atoms with van der Waals surface area (Å²) in [6.07, 6.45) is 32.0. The summed E-state index contributed by atoms with van der Waals surface area (Å²) in [5, 5.41) is 10.3. The quantitative estimate of drug-likeness (QED) is 0.0170. The van der Waals surface area contributed by atoms with E-state index in [9.17, 15) is 24.2 Å². The number of carbonyl (C=O) groups excluding carboxylic acids is 2. The van der Waals surface area contributed by atoms with Crippen molar-refractivity contribution in [1.29, 1.82) is 0 Å². The highest BCUT2D eigenvalue weighted by Gasteiger charge is 2.22. The van der Waals surface area contributed by atoms with E-state index in [1.165, 1.54) is 56.1 Å². The van der Waals surface area contributed by atoms with Gasteiger partial charge in [0, 0.05) is 25.7 Å². The number of unbranched alkanes of at least 4 members (excludes halogenated alkanes) is 13. The van der Waals surface area contributed by atoms with Gasteiger partial charge in [-0.15, -0.1) is 0 Å². The van der Waals surface area contributed by atoms with Gasteiger partial charge in [0.05, 0.1) is 33.9 Å². The number of ether oxygens (including phenoxy) is 2. The van der Waals surface area contributed by atoms with Crippen LogP contribution in [-0.2, 0) is 45.5 Å². The number of esters is 2. The number of quaternary nitrogens is 1. The molecule has 346 valence electrons. The van der Waals surface area contributed by atoms with Gasteiger partial charge < -0.3 is 37.4 Å². The van der Waals surface area contributed by atoms with Crippen molar-refractivity contribution in [2.75, 3.05) is 47.5 Å². The zero-order chi connectivity index (χ0) is 44.5. The highest BCUT2D eigenvalue weighted by Crippen LogP contribution is 2.38. The minimum atomic E-state index is -4.68. The topological polar surface area (TPSA) is 145 Å². The molecule has 0 fully saturated rings. The summed E-state index contributed by atoms with van der Waals surface area (Å²) >= 11 is 0. The maximum Gasteiger partial charge on any atom is 0.306 e. The van der Waals surface area contributed by atoms with E-state index in [1.54, 1.807) is 12.2 Å². The van der Waals surface area contributed by atoms with Crippen molar-refractivity contribution in [3.8, 4) is 0 Å². The average molecular weight is 866 g/mol. The van der Waals surface area contributed by atoms with E-state index < -0.39 is 38.6 Å². The number of aliphatic hydroxyl groups is 1. The number of nitrogens with zero attached hydrogens (tertiary/aromatic N) is 1. The SMILES string of the molecule is CCCCCCCC/C=C/C/C=C/C=C/C(O)CCCC(=O)OC[C@H](COP(=O)([O-])OCC[N+](C)(C)C)OC(=O)CCCCCCCCCCc1oc(CCC)c(C)c1C. The van der Waals surface area contributed by atoms with Gasteiger partial charge in [0.1, 0.15) is 31.3 Å². The van der Waals surface area contributed by atoms with Crippen LogP contribution in [-0.4, -0.2) is 81.2 Å². The number of furan rings is 1. The number of aryl methyl sites for hydroxylation is 2. The van der Waals surface area contributed by atoms with Gasteiger partial charge in [0.2, 0.25) is 0 Å². The first-order valence-electron chi connectivity index (χ1n) is 23.2. The van der Waals surface area contributed by atoms with Crippen molar-refractivity contribution < 1.29 is 51.6 Å². The normalized spacial score (nSPS) is 14.3. The highest BCUT2D eigenvalue weighted by molar-refractivity contribution is 7.45. The number of likely N-dealkylation sites (N-methyl/N-ethyl adjacent to an activating group) is 1. The summed E-state index contributed by atoms with van der Waals surface area (Å²) in [7, 11) is 1.04. The maximum atomic E-state index is 12.7. The van der Waals surface area contributed by atoms with Crippen molar-refractivity contribution in [3.05, 3.63) is 59.1 Å². The molecule has 1 aromatic heterocycles. The molecule has 3 atom stereocenters. The zero-order valence-corrected chi connectivity index (χ0v) is 39.6. The van der Waals surface area contributed by atoms with Gasteiger partial charge in [-0.1, -0.05) is 121 Å². The summed E-state index contributed by atoms with van der Waals surface area (Å²) in [6, 6.07) is 0. The molecule has 1 heterocycles. The Hall–Kier alpha value is -2.53. The minimum absolute atomic E-state index is 0.0448. The molecule has 0 saturated heterocycles. The molecule has 1 aromatic rings. The van der Waals surface area contributed by atoms with Crippen LogP contribution in [0.25, 0.3) is 0 Å². The largest absolute Gasteiger partial charge is 0.756 e. The smallest absolute Gasteiger partial charge is 0.306 e. The van der Waals surface area contributed by atoms with E-state index in [0.29, 0.717) is 30.3 Å². The molecule has 0 spiro atoms. The first kappa shape index (κ1) is 55.5. The Morgan fingerprint density at radius 1 is 0.733 bits per heavy atom. The number of phosphoric ester groups is 1. The summed E-state index contributed by atoms with van der Waals surface area (Å²) < 4.78 is 39.9. The molecule has 0 aliphatic heterocycles. The number of carbonyl (C=O) groups is 2. The first-order chi connectivity index (χ1) is 28.7. The van der Waals surface area contributed by atoms with E-state index in [-0.39, 0.29) is 26.1 Å². The van der Waals surface area contributed by atoms with E-state index in [0.717, 1.165) is 82.1 Å². The van der Waals surface area contributed by atoms with Crippen LogP contribution in [0.15, 0.2) is 40.9 Å². The molecule has 1 rings (SSSR count). The van der Waals surface area contributed by atoms with E-state index in [2.05, 4.69) is 39.8 Å². The molecule has 2 unspecified atom stereocenters. The number of hydrogen-bond donors (Lipinski definition) is 1. The highest BCUT2D eigenvalue weighted by atomic mass is 31.2. The van der Waals surface area contributed by atoms with Gasteiger partial charge in [-0.05, 0) is 76.3 Å². The fraction of sp³-hybridized carbons (Fsp3) is 0.750. The molecule has 11 nitrogen and oxygen atoms in total. The average Bonchev–Trinajstić information content (AvgIpc) is 3.45. The summed E-state index contributed by atoms with van der Waals surface area (Å²) in [4.78, 5) is 37.7. The van der Waals surface area contributed by atoms with Crippen LogP contribution in [0.4, 0.5) is 0 Å². The van der Waals surface area contributed by atoms with E-state index in [4.69, 9.17) is 22.9 Å². The van der Waals surface area contributed by atoms with Crippen LogP contribution in [0.1, 0.15) is 171 Å². The molecule has 0 radical (unpaired) electrons. The lowest BCUT2D eigenvalue weighted by Crippen LogP contribution is -2.37. The molecule has 60 heavy (non-hydrogen) atoms. The number of allylic oxidation sites excluding steroid dienone is 5. The Balaban J connectivity index is 2.41. The van der Waals surface area contributed by atoms with Crippen LogP contribution in [0.3, 0.4) is 0 Å². The molecule has 0 amide bonds. The molecule has 1 N–H and O–H groups in total. The molecule has 0 aliphatic carbocycles. The summed E-state index contributed by atoms with van der Waals surface area (Å²) in [5.74, 6) is 1.22. The van der Waals surface area contributed by atoms with Crippen molar-refractivity contribution in [3.63, 3.8) is 0 Å². The van der Waals surface area contributed by atoms with Crippen molar-refractivity contribution in [2.24, 2.45) is 0 Å². The standard InChI is InChI=1S/C48H84NO10P/c1-8-10-11-12-13-14-15-16-17-18-21-24-27-32-43(50)33-30-36-47(51)55-39-44(40-57-60(53,54)56-38-37-49(5,6)7)58-48(52)35-29-26-23-20-19-22-25-28-34-46-42(4)41(3)45(59-46)31-9-2/h16-17,21,24,27,32,43-44,50H,8-15,18-20,22-23,25-26,28-31,33-40H2,1-7H3/b17-16+,24-21+,32-27+/t43?,44-/m1/s1. The zero-order valence-electron chi connectivity index (χ0n) is 38.7. The Morgan fingerprint density at radius 2 is 1.35 bits per heavy atom. The van der Waals surface area contributed by atoms with E-state index >= 15 is 0 Å². The third-order valence-corrected chi connectivity index (χ3v) is 11.4. The number of hydrogen-bond acceptors (Lipinski definition) is 10. The molecule has 12 heteroatoms. The predicted octanol–water partition coefficient (Wildman–Crippen LogP) is 10.9. The summed E-state index contributed by atoms with van der Waals surface area (Å²) in [5.41, 5.74) is 2.60. The fourth-order valence-electron chi connectivity index (χ4n) is 6.53. The van der Waals surface area contributed by atoms with Crippen LogP contribution in [0.2, 0.25) is 0 Å². The van der Waals surface area contributed by atoms with Gasteiger partial charge in [0.25, 0.3) is 7.82 Å². The molecule has 0 bridgehead atoms. The lowest BCUT2D eigenvalue weighted by atomic mass is 10.0. The number of phosphoric acid groups is 1. The van der Waals surface area contributed by atoms with E-state index in [1.807, 2.05) is 33.3 Å². The Kier molecular flexibility index (Phi) is 31.5. The van der Waals surface area contributed by atoms with Crippen LogP contribution >= 0.6 is 7.82 Å². The van der Waals surface area contributed by atoms with Crippen LogP contribution in [0, 0.1) is 13.8 Å². The fourth-order valence-corrected chi connectivity index (χ4v) is 7.26. The summed E-state index contributed by atoms with van der Waals surface area (Å²) in [6.45, 7) is 8.20. The van der Waals surface area contributed by atoms with Gasteiger partial charge >= 0.3 is 11.9 Å². The van der Waals surface area contributed by atoms with Crippen molar-refractivity contribution in [1.82, 2.24) is 0 Å². The molecule has 0 aliphatic rings.